The molecule has 160 valence electrons. The first-order valence-electron chi connectivity index (χ1n) is 9.78. The third-order valence-electron chi connectivity index (χ3n) is 4.97. The van der Waals surface area contributed by atoms with E-state index in [9.17, 15) is 13.2 Å². The third-order valence-corrected chi connectivity index (χ3v) is 6.35. The highest BCUT2D eigenvalue weighted by molar-refractivity contribution is 7.92. The molecule has 1 aliphatic heterocycles. The Morgan fingerprint density at radius 3 is 2.40 bits per heavy atom. The average molecular weight is 448 g/mol. The summed E-state index contributed by atoms with van der Waals surface area (Å²) in [4.78, 5) is 16.8. The molecule has 2 aromatic rings. The average Bonchev–Trinajstić information content (AvgIpc) is 2.72. The Bertz CT molecular complexity index is 988. The van der Waals surface area contributed by atoms with Gasteiger partial charge in [0.2, 0.25) is 15.9 Å². The van der Waals surface area contributed by atoms with Gasteiger partial charge in [0.15, 0.2) is 0 Å². The van der Waals surface area contributed by atoms with Crippen LogP contribution in [0.1, 0.15) is 5.56 Å². The van der Waals surface area contributed by atoms with Gasteiger partial charge in [-0.15, -0.1) is 0 Å². The lowest BCUT2D eigenvalue weighted by Crippen LogP contribution is -2.51. The van der Waals surface area contributed by atoms with E-state index in [0.717, 1.165) is 35.8 Å². The Labute approximate surface area is 183 Å². The van der Waals surface area contributed by atoms with Crippen LogP contribution < -0.4 is 4.31 Å². The molecule has 0 spiro atoms. The highest BCUT2D eigenvalue weighted by Crippen LogP contribution is 2.22. The molecule has 1 aliphatic rings. The van der Waals surface area contributed by atoms with Crippen molar-refractivity contribution in [3.05, 3.63) is 71.3 Å². The zero-order chi connectivity index (χ0) is 21.6. The van der Waals surface area contributed by atoms with E-state index in [1.54, 1.807) is 29.2 Å². The summed E-state index contributed by atoms with van der Waals surface area (Å²) in [5.74, 6) is -0.208. The summed E-state index contributed by atoms with van der Waals surface area (Å²) in [6.07, 6.45) is 5.31. The number of amides is 1. The van der Waals surface area contributed by atoms with Crippen LogP contribution in [0.25, 0.3) is 6.08 Å². The summed E-state index contributed by atoms with van der Waals surface area (Å²) in [6, 6.07) is 16.6. The number of carbonyl (C=O) groups excluding carboxylic acids is 1. The lowest BCUT2D eigenvalue weighted by molar-refractivity contribution is -0.131. The summed E-state index contributed by atoms with van der Waals surface area (Å²) < 4.78 is 25.6. The van der Waals surface area contributed by atoms with E-state index >= 15 is 0 Å². The zero-order valence-electron chi connectivity index (χ0n) is 16.9. The number of rotatable bonds is 7. The minimum Gasteiger partial charge on any atom is -0.339 e. The van der Waals surface area contributed by atoms with E-state index in [4.69, 9.17) is 11.6 Å². The van der Waals surface area contributed by atoms with Gasteiger partial charge in [0, 0.05) is 37.7 Å². The number of nitrogens with zero attached hydrogens (tertiary/aromatic N) is 3. The summed E-state index contributed by atoms with van der Waals surface area (Å²) in [7, 11) is -3.61. The van der Waals surface area contributed by atoms with Gasteiger partial charge in [0.1, 0.15) is 6.54 Å². The maximum absolute atomic E-state index is 12.8. The fraction of sp³-hybridized carbons (Fsp3) is 0.318. The molecule has 1 saturated heterocycles. The normalized spacial score (nSPS) is 15.5. The molecule has 30 heavy (non-hydrogen) atoms. The van der Waals surface area contributed by atoms with E-state index < -0.39 is 10.0 Å². The Morgan fingerprint density at radius 1 is 1.07 bits per heavy atom. The molecule has 2 aromatic carbocycles. The van der Waals surface area contributed by atoms with Gasteiger partial charge in [0.25, 0.3) is 0 Å². The molecule has 0 unspecified atom stereocenters. The molecule has 0 N–H and O–H groups in total. The van der Waals surface area contributed by atoms with Crippen molar-refractivity contribution in [2.45, 2.75) is 0 Å². The van der Waals surface area contributed by atoms with Crippen LogP contribution in [0, 0.1) is 0 Å². The van der Waals surface area contributed by atoms with Crippen molar-refractivity contribution in [1.82, 2.24) is 9.80 Å². The van der Waals surface area contributed by atoms with Crippen molar-refractivity contribution < 1.29 is 13.2 Å². The predicted molar refractivity (Wildman–Crippen MR) is 122 cm³/mol. The van der Waals surface area contributed by atoms with Crippen molar-refractivity contribution in [2.24, 2.45) is 0 Å². The lowest BCUT2D eigenvalue weighted by Gasteiger charge is -2.35. The summed E-state index contributed by atoms with van der Waals surface area (Å²) in [5.41, 5.74) is 1.55. The molecule has 0 aliphatic carbocycles. The summed E-state index contributed by atoms with van der Waals surface area (Å²) >= 11 is 5.99. The van der Waals surface area contributed by atoms with Gasteiger partial charge >= 0.3 is 0 Å². The number of carbonyl (C=O) groups is 1. The maximum atomic E-state index is 12.8. The van der Waals surface area contributed by atoms with Gasteiger partial charge in [-0.3, -0.25) is 14.0 Å². The third kappa shape index (κ3) is 6.32. The highest BCUT2D eigenvalue weighted by Gasteiger charge is 2.26. The molecule has 0 bridgehead atoms. The first-order valence-corrected chi connectivity index (χ1v) is 12.0. The van der Waals surface area contributed by atoms with Crippen LogP contribution in [0.15, 0.2) is 60.7 Å². The van der Waals surface area contributed by atoms with Gasteiger partial charge in [0.05, 0.1) is 11.9 Å². The zero-order valence-corrected chi connectivity index (χ0v) is 18.5. The van der Waals surface area contributed by atoms with Crippen LogP contribution in [-0.2, 0) is 14.8 Å². The Hall–Kier alpha value is -2.35. The molecule has 0 atom stereocenters. The minimum absolute atomic E-state index is 0.208. The second-order valence-corrected chi connectivity index (χ2v) is 9.59. The Kier molecular flexibility index (Phi) is 7.53. The summed E-state index contributed by atoms with van der Waals surface area (Å²) in [5, 5.41) is 0.422. The first-order chi connectivity index (χ1) is 14.3. The molecule has 0 radical (unpaired) electrons. The van der Waals surface area contributed by atoms with Crippen LogP contribution in [0.3, 0.4) is 0 Å². The molecule has 8 heteroatoms. The minimum atomic E-state index is -3.61. The molecule has 3 rings (SSSR count). The van der Waals surface area contributed by atoms with E-state index in [2.05, 4.69) is 29.2 Å². The van der Waals surface area contributed by atoms with Crippen molar-refractivity contribution in [3.8, 4) is 0 Å². The molecular weight excluding hydrogens is 422 g/mol. The fourth-order valence-corrected chi connectivity index (χ4v) is 4.36. The molecule has 6 nitrogen and oxygen atoms in total. The van der Waals surface area contributed by atoms with E-state index in [-0.39, 0.29) is 12.5 Å². The number of benzene rings is 2. The second-order valence-electron chi connectivity index (χ2n) is 7.24. The van der Waals surface area contributed by atoms with E-state index in [1.807, 2.05) is 18.2 Å². The number of sulfonamides is 1. The molecule has 0 saturated carbocycles. The molecular formula is C22H26ClN3O3S. The van der Waals surface area contributed by atoms with Crippen molar-refractivity contribution in [1.29, 1.82) is 0 Å². The van der Waals surface area contributed by atoms with Gasteiger partial charge < -0.3 is 4.90 Å². The number of hydrogen-bond donors (Lipinski definition) is 0. The van der Waals surface area contributed by atoms with E-state index in [0.29, 0.717) is 23.8 Å². The van der Waals surface area contributed by atoms with Crippen molar-refractivity contribution >= 4 is 39.3 Å². The summed E-state index contributed by atoms with van der Waals surface area (Å²) in [6.45, 7) is 3.24. The van der Waals surface area contributed by atoms with Gasteiger partial charge in [-0.05, 0) is 23.8 Å². The second kappa shape index (κ2) is 10.1. The number of hydrogen-bond acceptors (Lipinski definition) is 4. The number of halogens is 1. The van der Waals surface area contributed by atoms with Gasteiger partial charge in [-0.1, -0.05) is 60.2 Å². The first kappa shape index (κ1) is 22.3. The molecule has 1 heterocycles. The van der Waals surface area contributed by atoms with Gasteiger partial charge in [-0.25, -0.2) is 8.42 Å². The largest absolute Gasteiger partial charge is 0.339 e. The van der Waals surface area contributed by atoms with Crippen LogP contribution in [0.2, 0.25) is 5.02 Å². The van der Waals surface area contributed by atoms with Crippen molar-refractivity contribution in [2.75, 3.05) is 49.8 Å². The molecule has 0 aromatic heterocycles. The molecule has 1 amide bonds. The quantitative estimate of drug-likeness (QED) is 0.654. The van der Waals surface area contributed by atoms with E-state index in [1.165, 1.54) is 0 Å². The predicted octanol–water partition coefficient (Wildman–Crippen LogP) is 2.96. The lowest BCUT2D eigenvalue weighted by atomic mass is 10.2. The van der Waals surface area contributed by atoms with Gasteiger partial charge in [-0.2, -0.15) is 0 Å². The van der Waals surface area contributed by atoms with Crippen LogP contribution in [-0.4, -0.2) is 69.6 Å². The molecule has 1 fully saturated rings. The Balaban J connectivity index is 1.54. The smallest absolute Gasteiger partial charge is 0.243 e. The fourth-order valence-electron chi connectivity index (χ4n) is 3.34. The van der Waals surface area contributed by atoms with Crippen LogP contribution in [0.5, 0.6) is 0 Å². The number of piperazine rings is 1. The van der Waals surface area contributed by atoms with Crippen LogP contribution in [0.4, 0.5) is 5.69 Å². The Morgan fingerprint density at radius 2 is 1.77 bits per heavy atom. The topological polar surface area (TPSA) is 60.9 Å². The van der Waals surface area contributed by atoms with Crippen molar-refractivity contribution in [3.63, 3.8) is 0 Å². The monoisotopic (exact) mass is 447 g/mol. The standard InChI is InChI=1S/C22H26ClN3O3S/c1-30(28,29)26(21-11-5-10-20(23)17-21)18-22(27)25-15-13-24(14-16-25)12-6-9-19-7-3-2-4-8-19/h2-11,17H,12-16,18H2,1H3/b9-6+. The maximum Gasteiger partial charge on any atom is 0.243 e. The SMILES string of the molecule is CS(=O)(=O)N(CC(=O)N1CCN(C/C=C/c2ccccc2)CC1)c1cccc(Cl)c1. The number of anilines is 1. The highest BCUT2D eigenvalue weighted by atomic mass is 35.5. The van der Waals surface area contributed by atoms with Crippen LogP contribution >= 0.6 is 11.6 Å².